The molecule has 0 saturated heterocycles. The zero-order chi connectivity index (χ0) is 23.3. The Morgan fingerprint density at radius 3 is 2.41 bits per heavy atom. The molecule has 3 aromatic rings. The fraction of sp³-hybridized carbons (Fsp3) is 0.136. The van der Waals surface area contributed by atoms with Crippen molar-refractivity contribution in [2.75, 3.05) is 23.3 Å². The van der Waals surface area contributed by atoms with Crippen LogP contribution in [0.4, 0.5) is 17.1 Å². The van der Waals surface area contributed by atoms with Crippen LogP contribution in [0.1, 0.15) is 5.56 Å². The Kier molecular flexibility index (Phi) is 6.74. The van der Waals surface area contributed by atoms with E-state index in [-0.39, 0.29) is 27.5 Å². The third kappa shape index (κ3) is 4.86. The summed E-state index contributed by atoms with van der Waals surface area (Å²) in [7, 11) is -2.64. The standard InChI is InChI=1S/C22H21N3O6S/c1-16-20(12-7-13-21(16)25(27)28)23-22(26)15-24(17-8-6-9-18(14-17)31-2)32(29,30)19-10-4-3-5-11-19/h3-14H,15H2,1-2H3,(H,23,26). The molecule has 9 nitrogen and oxygen atoms in total. The number of anilines is 2. The molecule has 0 aromatic heterocycles. The first-order valence-corrected chi connectivity index (χ1v) is 10.9. The molecule has 0 aliphatic rings. The van der Waals surface area contributed by atoms with Gasteiger partial charge in [-0.15, -0.1) is 0 Å². The molecule has 3 rings (SSSR count). The van der Waals surface area contributed by atoms with Crippen molar-refractivity contribution in [1.29, 1.82) is 0 Å². The van der Waals surface area contributed by atoms with E-state index in [9.17, 15) is 23.3 Å². The molecule has 0 radical (unpaired) electrons. The summed E-state index contributed by atoms with van der Waals surface area (Å²) in [5.74, 6) is -0.235. The molecule has 0 fully saturated rings. The number of hydrogen-bond acceptors (Lipinski definition) is 6. The number of nitro benzene ring substituents is 1. The molecule has 10 heteroatoms. The van der Waals surface area contributed by atoms with Gasteiger partial charge >= 0.3 is 0 Å². The SMILES string of the molecule is COc1cccc(N(CC(=O)Nc2cccc([N+](=O)[O-])c2C)S(=O)(=O)c2ccccc2)c1. The number of methoxy groups -OCH3 is 1. The van der Waals surface area contributed by atoms with E-state index in [1.807, 2.05) is 0 Å². The maximum absolute atomic E-state index is 13.3. The highest BCUT2D eigenvalue weighted by Gasteiger charge is 2.28. The summed E-state index contributed by atoms with van der Waals surface area (Å²) in [5, 5.41) is 13.7. The van der Waals surface area contributed by atoms with Gasteiger partial charge in [0.1, 0.15) is 12.3 Å². The summed E-state index contributed by atoms with van der Waals surface area (Å²) in [5.41, 5.74) is 0.583. The molecule has 3 aromatic carbocycles. The Bertz CT molecular complexity index is 1250. The van der Waals surface area contributed by atoms with Crippen LogP contribution in [0.25, 0.3) is 0 Å². The van der Waals surface area contributed by atoms with Crippen molar-refractivity contribution < 1.29 is 22.9 Å². The molecule has 0 atom stereocenters. The van der Waals surface area contributed by atoms with E-state index < -0.39 is 27.4 Å². The van der Waals surface area contributed by atoms with Crippen LogP contribution in [0.5, 0.6) is 5.75 Å². The van der Waals surface area contributed by atoms with Crippen molar-refractivity contribution in [3.05, 3.63) is 88.5 Å². The van der Waals surface area contributed by atoms with E-state index in [1.165, 1.54) is 50.4 Å². The molecule has 1 amide bonds. The Morgan fingerprint density at radius 1 is 1.06 bits per heavy atom. The predicted molar refractivity (Wildman–Crippen MR) is 120 cm³/mol. The summed E-state index contributed by atoms with van der Waals surface area (Å²) >= 11 is 0. The van der Waals surface area contributed by atoms with Crippen LogP contribution in [-0.2, 0) is 14.8 Å². The van der Waals surface area contributed by atoms with Crippen molar-refractivity contribution >= 4 is 33.0 Å². The van der Waals surface area contributed by atoms with Crippen molar-refractivity contribution in [3.63, 3.8) is 0 Å². The first-order chi connectivity index (χ1) is 15.2. The summed E-state index contributed by atoms with van der Waals surface area (Å²) in [6.45, 7) is 0.959. The number of hydrogen-bond donors (Lipinski definition) is 1. The van der Waals surface area contributed by atoms with Gasteiger partial charge in [-0.05, 0) is 37.3 Å². The number of sulfonamides is 1. The lowest BCUT2D eigenvalue weighted by atomic mass is 10.1. The molecule has 0 aliphatic heterocycles. The van der Waals surface area contributed by atoms with Gasteiger partial charge in [-0.2, -0.15) is 0 Å². The van der Waals surface area contributed by atoms with E-state index in [0.717, 1.165) is 4.31 Å². The highest BCUT2D eigenvalue weighted by atomic mass is 32.2. The molecule has 0 heterocycles. The lowest BCUT2D eigenvalue weighted by molar-refractivity contribution is -0.385. The Labute approximate surface area is 185 Å². The lowest BCUT2D eigenvalue weighted by Gasteiger charge is -2.24. The number of ether oxygens (including phenoxy) is 1. The second kappa shape index (κ2) is 9.48. The second-order valence-electron chi connectivity index (χ2n) is 6.78. The third-order valence-corrected chi connectivity index (χ3v) is 6.52. The number of nitrogens with one attached hydrogen (secondary N) is 1. The highest BCUT2D eigenvalue weighted by Crippen LogP contribution is 2.28. The zero-order valence-electron chi connectivity index (χ0n) is 17.4. The van der Waals surface area contributed by atoms with Gasteiger partial charge < -0.3 is 10.1 Å². The van der Waals surface area contributed by atoms with Crippen LogP contribution in [-0.4, -0.2) is 32.9 Å². The first kappa shape index (κ1) is 22.8. The van der Waals surface area contributed by atoms with E-state index in [1.54, 1.807) is 36.4 Å². The summed E-state index contributed by atoms with van der Waals surface area (Å²) in [4.78, 5) is 23.5. The highest BCUT2D eigenvalue weighted by molar-refractivity contribution is 7.92. The fourth-order valence-electron chi connectivity index (χ4n) is 3.08. The Morgan fingerprint density at radius 2 is 1.75 bits per heavy atom. The monoisotopic (exact) mass is 455 g/mol. The third-order valence-electron chi connectivity index (χ3n) is 4.74. The number of carbonyl (C=O) groups excluding carboxylic acids is 1. The molecule has 1 N–H and O–H groups in total. The van der Waals surface area contributed by atoms with Crippen molar-refractivity contribution in [2.45, 2.75) is 11.8 Å². The maximum atomic E-state index is 13.3. The van der Waals surface area contributed by atoms with E-state index in [4.69, 9.17) is 4.74 Å². The van der Waals surface area contributed by atoms with Crippen LogP contribution < -0.4 is 14.4 Å². The van der Waals surface area contributed by atoms with Crippen molar-refractivity contribution in [1.82, 2.24) is 0 Å². The molecular weight excluding hydrogens is 434 g/mol. The molecule has 0 aliphatic carbocycles. The van der Waals surface area contributed by atoms with Gasteiger partial charge in [-0.25, -0.2) is 8.42 Å². The second-order valence-corrected chi connectivity index (χ2v) is 8.64. The molecule has 0 spiro atoms. The van der Waals surface area contributed by atoms with Crippen LogP contribution in [0.3, 0.4) is 0 Å². The number of carbonyl (C=O) groups is 1. The average molecular weight is 455 g/mol. The van der Waals surface area contributed by atoms with Gasteiger partial charge in [0.2, 0.25) is 5.91 Å². The maximum Gasteiger partial charge on any atom is 0.274 e. The Balaban J connectivity index is 1.97. The normalized spacial score (nSPS) is 10.9. The number of rotatable bonds is 8. The lowest BCUT2D eigenvalue weighted by Crippen LogP contribution is -2.38. The first-order valence-electron chi connectivity index (χ1n) is 9.49. The predicted octanol–water partition coefficient (Wildman–Crippen LogP) is 3.75. The number of amides is 1. The summed E-state index contributed by atoms with van der Waals surface area (Å²) in [6, 6.07) is 18.3. The van der Waals surface area contributed by atoms with Crippen molar-refractivity contribution in [2.24, 2.45) is 0 Å². The Hall–Kier alpha value is -3.92. The smallest absolute Gasteiger partial charge is 0.274 e. The number of nitro groups is 1. The average Bonchev–Trinajstić information content (AvgIpc) is 2.79. The number of benzene rings is 3. The summed E-state index contributed by atoms with van der Waals surface area (Å²) in [6.07, 6.45) is 0. The largest absolute Gasteiger partial charge is 0.497 e. The molecule has 0 bridgehead atoms. The van der Waals surface area contributed by atoms with Crippen molar-refractivity contribution in [3.8, 4) is 5.75 Å². The van der Waals surface area contributed by atoms with Gasteiger partial charge in [0.25, 0.3) is 15.7 Å². The van der Waals surface area contributed by atoms with Crippen LogP contribution >= 0.6 is 0 Å². The minimum absolute atomic E-state index is 0.0159. The molecule has 32 heavy (non-hydrogen) atoms. The van der Waals surface area contributed by atoms with Gasteiger partial charge in [0.05, 0.1) is 33.9 Å². The van der Waals surface area contributed by atoms with E-state index in [0.29, 0.717) is 5.75 Å². The van der Waals surface area contributed by atoms with Crippen LogP contribution in [0.2, 0.25) is 0 Å². The van der Waals surface area contributed by atoms with E-state index in [2.05, 4.69) is 5.32 Å². The van der Waals surface area contributed by atoms with E-state index >= 15 is 0 Å². The van der Waals surface area contributed by atoms with Gasteiger partial charge in [-0.1, -0.05) is 30.3 Å². The number of nitrogens with zero attached hydrogens (tertiary/aromatic N) is 2. The molecule has 0 unspecified atom stereocenters. The quantitative estimate of drug-likeness (QED) is 0.408. The topological polar surface area (TPSA) is 119 Å². The molecule has 166 valence electrons. The zero-order valence-corrected chi connectivity index (χ0v) is 18.2. The van der Waals surface area contributed by atoms with Crippen LogP contribution in [0, 0.1) is 17.0 Å². The molecule has 0 saturated carbocycles. The fourth-order valence-corrected chi connectivity index (χ4v) is 4.51. The van der Waals surface area contributed by atoms with Gasteiger partial charge in [0.15, 0.2) is 0 Å². The minimum atomic E-state index is -4.09. The summed E-state index contributed by atoms with van der Waals surface area (Å²) < 4.78 is 32.8. The van der Waals surface area contributed by atoms with Crippen LogP contribution in [0.15, 0.2) is 77.7 Å². The minimum Gasteiger partial charge on any atom is -0.497 e. The molecular formula is C22H21N3O6S. The van der Waals surface area contributed by atoms with Gasteiger partial charge in [-0.3, -0.25) is 19.2 Å². The van der Waals surface area contributed by atoms with Gasteiger partial charge in [0, 0.05) is 12.1 Å².